The van der Waals surface area contributed by atoms with Crippen LogP contribution in [0, 0.1) is 0 Å². The van der Waals surface area contributed by atoms with Gasteiger partial charge >= 0.3 is 0 Å². The molecule has 0 spiro atoms. The molecule has 3 aromatic carbocycles. The molecule has 148 valence electrons. The van der Waals surface area contributed by atoms with E-state index < -0.39 is 0 Å². The maximum atomic E-state index is 12.4. The third-order valence-electron chi connectivity index (χ3n) is 4.88. The second kappa shape index (κ2) is 10.2. The van der Waals surface area contributed by atoms with Crippen LogP contribution in [0.25, 0.3) is 0 Å². The largest absolute Gasteiger partial charge is 0.352 e. The summed E-state index contributed by atoms with van der Waals surface area (Å²) in [6.07, 6.45) is 0.380. The van der Waals surface area contributed by atoms with E-state index in [2.05, 4.69) is 10.6 Å². The van der Waals surface area contributed by atoms with Crippen LogP contribution in [0.3, 0.4) is 0 Å². The molecule has 4 heteroatoms. The van der Waals surface area contributed by atoms with E-state index in [9.17, 15) is 9.59 Å². The molecule has 0 aromatic heterocycles. The molecular formula is C25H26N2O2. The molecule has 0 bridgehead atoms. The summed E-state index contributed by atoms with van der Waals surface area (Å²) in [6.45, 7) is 2.88. The van der Waals surface area contributed by atoms with Crippen molar-refractivity contribution in [2.75, 3.05) is 0 Å². The van der Waals surface area contributed by atoms with Gasteiger partial charge in [-0.3, -0.25) is 9.59 Å². The molecule has 0 fully saturated rings. The van der Waals surface area contributed by atoms with Gasteiger partial charge in [0.25, 0.3) is 0 Å². The molecule has 29 heavy (non-hydrogen) atoms. The van der Waals surface area contributed by atoms with Crippen molar-refractivity contribution in [3.8, 4) is 0 Å². The molecule has 1 atom stereocenters. The predicted molar refractivity (Wildman–Crippen MR) is 115 cm³/mol. The van der Waals surface area contributed by atoms with Crippen LogP contribution >= 0.6 is 0 Å². The number of nitrogens with one attached hydrogen (secondary N) is 2. The summed E-state index contributed by atoms with van der Waals surface area (Å²) in [7, 11) is 0. The smallest absolute Gasteiger partial charge is 0.227 e. The summed E-state index contributed by atoms with van der Waals surface area (Å²) < 4.78 is 0. The van der Waals surface area contributed by atoms with Gasteiger partial charge < -0.3 is 10.6 Å². The normalized spacial score (nSPS) is 11.5. The van der Waals surface area contributed by atoms with Crippen LogP contribution in [-0.2, 0) is 29.1 Å². The van der Waals surface area contributed by atoms with Crippen molar-refractivity contribution >= 4 is 11.8 Å². The molecule has 0 heterocycles. The summed E-state index contributed by atoms with van der Waals surface area (Å²) >= 11 is 0. The van der Waals surface area contributed by atoms with E-state index in [4.69, 9.17) is 0 Å². The molecule has 0 aliphatic heterocycles. The van der Waals surface area contributed by atoms with Gasteiger partial charge in [-0.25, -0.2) is 0 Å². The third-order valence-corrected chi connectivity index (χ3v) is 4.88. The summed E-state index contributed by atoms with van der Waals surface area (Å²) in [5, 5.41) is 5.93. The van der Waals surface area contributed by atoms with Gasteiger partial charge in [0.15, 0.2) is 0 Å². The molecule has 0 aliphatic rings. The molecule has 3 aromatic rings. The Balaban J connectivity index is 1.44. The quantitative estimate of drug-likeness (QED) is 0.616. The number of amides is 2. The Bertz CT molecular complexity index is 922. The number of rotatable bonds is 8. The lowest BCUT2D eigenvalue weighted by Gasteiger charge is -2.13. The zero-order valence-electron chi connectivity index (χ0n) is 16.6. The highest BCUT2D eigenvalue weighted by Crippen LogP contribution is 2.14. The van der Waals surface area contributed by atoms with Crippen molar-refractivity contribution < 1.29 is 9.59 Å². The lowest BCUT2D eigenvalue weighted by molar-refractivity contribution is -0.122. The highest BCUT2D eigenvalue weighted by molar-refractivity contribution is 5.83. The Hall–Kier alpha value is -3.40. The first kappa shape index (κ1) is 20.3. The minimum atomic E-state index is -0.185. The average Bonchev–Trinajstić information content (AvgIpc) is 2.77. The van der Waals surface area contributed by atoms with Gasteiger partial charge in [0.1, 0.15) is 0 Å². The van der Waals surface area contributed by atoms with Gasteiger partial charge in [-0.2, -0.15) is 0 Å². The van der Waals surface area contributed by atoms with E-state index >= 15 is 0 Å². The second-order valence-electron chi connectivity index (χ2n) is 7.11. The maximum Gasteiger partial charge on any atom is 0.227 e. The Morgan fingerprint density at radius 2 is 1.21 bits per heavy atom. The molecule has 2 amide bonds. The van der Waals surface area contributed by atoms with Crippen LogP contribution in [-0.4, -0.2) is 11.8 Å². The zero-order valence-corrected chi connectivity index (χ0v) is 16.6. The van der Waals surface area contributed by atoms with Crippen LogP contribution in [0.15, 0.2) is 84.9 Å². The minimum Gasteiger partial charge on any atom is -0.352 e. The minimum absolute atomic E-state index is 0.00226. The molecular weight excluding hydrogens is 360 g/mol. The molecule has 0 aliphatic carbocycles. The lowest BCUT2D eigenvalue weighted by atomic mass is 10.0. The molecule has 0 saturated heterocycles. The fourth-order valence-corrected chi connectivity index (χ4v) is 3.05. The van der Waals surface area contributed by atoms with Crippen molar-refractivity contribution in [2.24, 2.45) is 0 Å². The van der Waals surface area contributed by atoms with Gasteiger partial charge in [-0.1, -0.05) is 84.9 Å². The third kappa shape index (κ3) is 6.32. The second-order valence-corrected chi connectivity index (χ2v) is 7.11. The van der Waals surface area contributed by atoms with E-state index in [0.29, 0.717) is 19.5 Å². The SMILES string of the molecule is C[C@H](C(=O)NCc1ccc(CNC(=O)Cc2ccccc2)cc1)c1ccccc1. The Kier molecular flexibility index (Phi) is 7.17. The topological polar surface area (TPSA) is 58.2 Å². The van der Waals surface area contributed by atoms with Crippen LogP contribution in [0.5, 0.6) is 0 Å². The zero-order chi connectivity index (χ0) is 20.5. The van der Waals surface area contributed by atoms with E-state index in [1.54, 1.807) is 0 Å². The fourth-order valence-electron chi connectivity index (χ4n) is 3.05. The average molecular weight is 386 g/mol. The molecule has 0 radical (unpaired) electrons. The van der Waals surface area contributed by atoms with Crippen LogP contribution < -0.4 is 10.6 Å². The summed E-state index contributed by atoms with van der Waals surface area (Å²) in [6, 6.07) is 27.4. The predicted octanol–water partition coefficient (Wildman–Crippen LogP) is 3.97. The van der Waals surface area contributed by atoms with Crippen LogP contribution in [0.1, 0.15) is 35.1 Å². The summed E-state index contributed by atoms with van der Waals surface area (Å²) in [5.74, 6) is -0.175. The van der Waals surface area contributed by atoms with Crippen molar-refractivity contribution in [3.63, 3.8) is 0 Å². The monoisotopic (exact) mass is 386 g/mol. The molecule has 0 saturated carbocycles. The maximum absolute atomic E-state index is 12.4. The van der Waals surface area contributed by atoms with E-state index in [1.165, 1.54) is 0 Å². The van der Waals surface area contributed by atoms with Crippen LogP contribution in [0.2, 0.25) is 0 Å². The van der Waals surface area contributed by atoms with Crippen molar-refractivity contribution in [3.05, 3.63) is 107 Å². The first-order chi connectivity index (χ1) is 14.1. The van der Waals surface area contributed by atoms with Gasteiger partial charge in [0, 0.05) is 13.1 Å². The summed E-state index contributed by atoms with van der Waals surface area (Å²) in [4.78, 5) is 24.4. The Morgan fingerprint density at radius 1 is 0.690 bits per heavy atom. The van der Waals surface area contributed by atoms with Crippen molar-refractivity contribution in [1.29, 1.82) is 0 Å². The van der Waals surface area contributed by atoms with E-state index in [1.807, 2.05) is 91.9 Å². The molecule has 2 N–H and O–H groups in total. The molecule has 0 unspecified atom stereocenters. The van der Waals surface area contributed by atoms with E-state index in [0.717, 1.165) is 22.3 Å². The number of carbonyl (C=O) groups excluding carboxylic acids is 2. The van der Waals surface area contributed by atoms with Gasteiger partial charge in [-0.05, 0) is 29.2 Å². The highest BCUT2D eigenvalue weighted by Gasteiger charge is 2.14. The first-order valence-corrected chi connectivity index (χ1v) is 9.83. The van der Waals surface area contributed by atoms with Gasteiger partial charge in [0.05, 0.1) is 12.3 Å². The Morgan fingerprint density at radius 3 is 1.79 bits per heavy atom. The lowest BCUT2D eigenvalue weighted by Crippen LogP contribution is -2.27. The molecule has 3 rings (SSSR count). The van der Waals surface area contributed by atoms with E-state index in [-0.39, 0.29) is 17.7 Å². The van der Waals surface area contributed by atoms with Crippen molar-refractivity contribution in [2.45, 2.75) is 32.4 Å². The standard InChI is InChI=1S/C25H26N2O2/c1-19(23-10-6-3-7-11-23)25(29)27-18-22-14-12-21(13-15-22)17-26-24(28)16-20-8-4-2-5-9-20/h2-15,19H,16-18H2,1H3,(H,26,28)(H,27,29)/t19-/m0/s1. The first-order valence-electron chi connectivity index (χ1n) is 9.83. The molecule has 4 nitrogen and oxygen atoms in total. The van der Waals surface area contributed by atoms with Crippen LogP contribution in [0.4, 0.5) is 0 Å². The van der Waals surface area contributed by atoms with Crippen molar-refractivity contribution in [1.82, 2.24) is 10.6 Å². The van der Waals surface area contributed by atoms with Gasteiger partial charge in [0.2, 0.25) is 11.8 Å². The number of carbonyl (C=O) groups is 2. The Labute approximate surface area is 172 Å². The number of hydrogen-bond acceptors (Lipinski definition) is 2. The number of benzene rings is 3. The highest BCUT2D eigenvalue weighted by atomic mass is 16.2. The number of hydrogen-bond donors (Lipinski definition) is 2. The van der Waals surface area contributed by atoms with Gasteiger partial charge in [-0.15, -0.1) is 0 Å². The fraction of sp³-hybridized carbons (Fsp3) is 0.200. The summed E-state index contributed by atoms with van der Waals surface area (Å²) in [5.41, 5.74) is 4.06.